The van der Waals surface area contributed by atoms with Gasteiger partial charge in [-0.3, -0.25) is 4.90 Å². The Kier molecular flexibility index (Phi) is 3.50. The molecule has 2 fully saturated rings. The molecule has 2 aliphatic rings. The van der Waals surface area contributed by atoms with E-state index < -0.39 is 0 Å². The Morgan fingerprint density at radius 2 is 2.10 bits per heavy atom. The first-order valence-electron chi connectivity index (χ1n) is 7.23. The summed E-state index contributed by atoms with van der Waals surface area (Å²) in [7, 11) is 0. The highest BCUT2D eigenvalue weighted by Crippen LogP contribution is 2.38. The number of nitrogens with zero attached hydrogens (tertiary/aromatic N) is 2. The van der Waals surface area contributed by atoms with E-state index in [-0.39, 0.29) is 0 Å². The van der Waals surface area contributed by atoms with Crippen LogP contribution in [0.1, 0.15) is 11.3 Å². The molecule has 3 nitrogen and oxygen atoms in total. The van der Waals surface area contributed by atoms with E-state index in [0.29, 0.717) is 5.41 Å². The van der Waals surface area contributed by atoms with Crippen LogP contribution in [0.3, 0.4) is 0 Å². The summed E-state index contributed by atoms with van der Waals surface area (Å²) >= 11 is 7.71. The lowest BCUT2D eigenvalue weighted by Crippen LogP contribution is -2.44. The molecule has 0 aliphatic carbocycles. The fourth-order valence-electron chi connectivity index (χ4n) is 3.12. The third kappa shape index (κ3) is 2.73. The normalized spacial score (nSPS) is 20.8. The van der Waals surface area contributed by atoms with E-state index >= 15 is 0 Å². The Morgan fingerprint density at radius 1 is 1.29 bits per heavy atom. The maximum atomic E-state index is 5.93. The fourth-order valence-corrected chi connectivity index (χ4v) is 4.20. The van der Waals surface area contributed by atoms with E-state index in [0.717, 1.165) is 35.4 Å². The van der Waals surface area contributed by atoms with Crippen LogP contribution in [0.5, 0.6) is 0 Å². The SMILES string of the molecule is Clc1ccc(-c2ncc(CN3CCC4(COC4)C3)s2)cc1. The van der Waals surface area contributed by atoms with Crippen LogP contribution in [-0.2, 0) is 11.3 Å². The first kappa shape index (κ1) is 13.7. The van der Waals surface area contributed by atoms with Crippen molar-refractivity contribution in [1.82, 2.24) is 9.88 Å². The lowest BCUT2D eigenvalue weighted by molar-refractivity contribution is -0.105. The van der Waals surface area contributed by atoms with Gasteiger partial charge >= 0.3 is 0 Å². The largest absolute Gasteiger partial charge is 0.380 e. The first-order chi connectivity index (χ1) is 10.2. The van der Waals surface area contributed by atoms with Gasteiger partial charge in [0, 0.05) is 40.2 Å². The molecule has 1 spiro atoms. The zero-order valence-corrected chi connectivity index (χ0v) is 13.3. The first-order valence-corrected chi connectivity index (χ1v) is 8.43. The van der Waals surface area contributed by atoms with Crippen molar-refractivity contribution in [2.75, 3.05) is 26.3 Å². The molecule has 3 heterocycles. The lowest BCUT2D eigenvalue weighted by Gasteiger charge is -2.37. The van der Waals surface area contributed by atoms with Crippen LogP contribution in [0.2, 0.25) is 5.02 Å². The van der Waals surface area contributed by atoms with Crippen LogP contribution >= 0.6 is 22.9 Å². The zero-order chi connectivity index (χ0) is 14.3. The highest BCUT2D eigenvalue weighted by molar-refractivity contribution is 7.15. The number of ether oxygens (including phenoxy) is 1. The summed E-state index contributed by atoms with van der Waals surface area (Å²) in [4.78, 5) is 8.41. The number of benzene rings is 1. The van der Waals surface area contributed by atoms with E-state index in [9.17, 15) is 0 Å². The van der Waals surface area contributed by atoms with Crippen molar-refractivity contribution >= 4 is 22.9 Å². The monoisotopic (exact) mass is 320 g/mol. The third-order valence-corrected chi connectivity index (χ3v) is 5.64. The molecule has 1 aromatic heterocycles. The van der Waals surface area contributed by atoms with Crippen molar-refractivity contribution in [3.8, 4) is 10.6 Å². The second-order valence-corrected chi connectivity index (χ2v) is 7.64. The molecular formula is C16H17ClN2OS. The number of hydrogen-bond acceptors (Lipinski definition) is 4. The zero-order valence-electron chi connectivity index (χ0n) is 11.7. The van der Waals surface area contributed by atoms with Gasteiger partial charge in [-0.15, -0.1) is 11.3 Å². The molecule has 110 valence electrons. The van der Waals surface area contributed by atoms with Crippen LogP contribution < -0.4 is 0 Å². The molecule has 1 aromatic carbocycles. The van der Waals surface area contributed by atoms with Gasteiger partial charge in [-0.1, -0.05) is 23.7 Å². The number of thiazole rings is 1. The van der Waals surface area contributed by atoms with Gasteiger partial charge in [0.25, 0.3) is 0 Å². The summed E-state index contributed by atoms with van der Waals surface area (Å²) in [5.41, 5.74) is 1.60. The summed E-state index contributed by atoms with van der Waals surface area (Å²) in [6.45, 7) is 5.25. The van der Waals surface area contributed by atoms with E-state index in [1.165, 1.54) is 24.4 Å². The molecule has 2 aromatic rings. The van der Waals surface area contributed by atoms with Crippen molar-refractivity contribution in [2.24, 2.45) is 5.41 Å². The number of halogens is 1. The minimum Gasteiger partial charge on any atom is -0.380 e. The molecule has 0 atom stereocenters. The molecule has 0 unspecified atom stereocenters. The molecule has 0 radical (unpaired) electrons. The van der Waals surface area contributed by atoms with Gasteiger partial charge in [0.1, 0.15) is 5.01 Å². The van der Waals surface area contributed by atoms with Crippen molar-refractivity contribution < 1.29 is 4.74 Å². The van der Waals surface area contributed by atoms with Gasteiger partial charge in [0.05, 0.1) is 13.2 Å². The summed E-state index contributed by atoms with van der Waals surface area (Å²) in [5.74, 6) is 0. The van der Waals surface area contributed by atoms with Crippen LogP contribution in [-0.4, -0.2) is 36.2 Å². The summed E-state index contributed by atoms with van der Waals surface area (Å²) < 4.78 is 5.38. The molecular weight excluding hydrogens is 304 g/mol. The molecule has 0 bridgehead atoms. The average Bonchev–Trinajstić information content (AvgIpc) is 3.07. The second kappa shape index (κ2) is 5.36. The molecule has 2 saturated heterocycles. The maximum Gasteiger partial charge on any atom is 0.123 e. The Morgan fingerprint density at radius 3 is 2.76 bits per heavy atom. The van der Waals surface area contributed by atoms with E-state index in [1.807, 2.05) is 30.5 Å². The van der Waals surface area contributed by atoms with Crippen molar-refractivity contribution in [2.45, 2.75) is 13.0 Å². The Bertz CT molecular complexity index is 636. The van der Waals surface area contributed by atoms with E-state index in [4.69, 9.17) is 16.3 Å². The lowest BCUT2D eigenvalue weighted by atomic mass is 9.85. The minimum atomic E-state index is 0.462. The van der Waals surface area contributed by atoms with E-state index in [2.05, 4.69) is 9.88 Å². The van der Waals surface area contributed by atoms with Crippen LogP contribution in [0.4, 0.5) is 0 Å². The van der Waals surface area contributed by atoms with Gasteiger partial charge in [-0.2, -0.15) is 0 Å². The highest BCUT2D eigenvalue weighted by Gasteiger charge is 2.44. The number of rotatable bonds is 3. The molecule has 21 heavy (non-hydrogen) atoms. The predicted molar refractivity (Wildman–Crippen MR) is 85.7 cm³/mol. The van der Waals surface area contributed by atoms with E-state index in [1.54, 1.807) is 11.3 Å². The van der Waals surface area contributed by atoms with Crippen LogP contribution in [0, 0.1) is 5.41 Å². The Balaban J connectivity index is 1.44. The third-order valence-electron chi connectivity index (χ3n) is 4.36. The molecule has 0 saturated carbocycles. The average molecular weight is 321 g/mol. The highest BCUT2D eigenvalue weighted by atomic mass is 35.5. The van der Waals surface area contributed by atoms with Crippen molar-refractivity contribution in [3.63, 3.8) is 0 Å². The van der Waals surface area contributed by atoms with Gasteiger partial charge in [-0.05, 0) is 25.1 Å². The number of aromatic nitrogens is 1. The second-order valence-electron chi connectivity index (χ2n) is 6.09. The predicted octanol–water partition coefficient (Wildman–Crippen LogP) is 3.69. The summed E-state index contributed by atoms with van der Waals surface area (Å²) in [6.07, 6.45) is 3.28. The molecule has 0 amide bonds. The molecule has 0 N–H and O–H groups in total. The van der Waals surface area contributed by atoms with Gasteiger partial charge < -0.3 is 4.74 Å². The smallest absolute Gasteiger partial charge is 0.123 e. The Labute approximate surface area is 133 Å². The molecule has 2 aliphatic heterocycles. The summed E-state index contributed by atoms with van der Waals surface area (Å²) in [6, 6.07) is 7.89. The van der Waals surface area contributed by atoms with Crippen molar-refractivity contribution in [1.29, 1.82) is 0 Å². The van der Waals surface area contributed by atoms with Crippen LogP contribution in [0.25, 0.3) is 10.6 Å². The van der Waals surface area contributed by atoms with Gasteiger partial charge in [0.2, 0.25) is 0 Å². The van der Waals surface area contributed by atoms with Crippen molar-refractivity contribution in [3.05, 3.63) is 40.4 Å². The standard InChI is InChI=1S/C16H17ClN2OS/c17-13-3-1-12(2-4-13)15-18-7-14(21-15)8-19-6-5-16(9-19)10-20-11-16/h1-4,7H,5-6,8-11H2. The minimum absolute atomic E-state index is 0.462. The van der Waals surface area contributed by atoms with Gasteiger partial charge in [0.15, 0.2) is 0 Å². The fraction of sp³-hybridized carbons (Fsp3) is 0.438. The van der Waals surface area contributed by atoms with Crippen LogP contribution in [0.15, 0.2) is 30.5 Å². The molecule has 4 rings (SSSR count). The van der Waals surface area contributed by atoms with Gasteiger partial charge in [-0.25, -0.2) is 4.98 Å². The maximum absolute atomic E-state index is 5.93. The molecule has 5 heteroatoms. The number of likely N-dealkylation sites (tertiary alicyclic amines) is 1. The quantitative estimate of drug-likeness (QED) is 0.862. The summed E-state index contributed by atoms with van der Waals surface area (Å²) in [5, 5.41) is 1.84. The Hall–Kier alpha value is -0.940. The topological polar surface area (TPSA) is 25.4 Å². The number of hydrogen-bond donors (Lipinski definition) is 0.